The smallest absolute Gasteiger partial charge is 0.170 e. The highest BCUT2D eigenvalue weighted by Gasteiger charge is 2.24. The Morgan fingerprint density at radius 3 is 2.18 bits per heavy atom. The predicted molar refractivity (Wildman–Crippen MR) is 74.8 cm³/mol. The maximum Gasteiger partial charge on any atom is 0.170 e. The number of nitrogens with zero attached hydrogens (tertiary/aromatic N) is 2. The summed E-state index contributed by atoms with van der Waals surface area (Å²) in [7, 11) is 0. The van der Waals surface area contributed by atoms with E-state index < -0.39 is 0 Å². The van der Waals surface area contributed by atoms with Gasteiger partial charge >= 0.3 is 0 Å². The molecule has 92 valence electrons. The lowest BCUT2D eigenvalue weighted by Gasteiger charge is -2.24. The third-order valence-electron chi connectivity index (χ3n) is 2.88. The van der Waals surface area contributed by atoms with Gasteiger partial charge in [0, 0.05) is 11.1 Å². The standard InChI is InChI=1S/C14H20N2S/c1-13(2,3)9-7-10(14(4,5)6)16-12-11(9)17-8-15-12/h7-8H,1-6H3. The van der Waals surface area contributed by atoms with Crippen molar-refractivity contribution in [2.75, 3.05) is 0 Å². The molecule has 0 amide bonds. The molecule has 0 saturated heterocycles. The van der Waals surface area contributed by atoms with Gasteiger partial charge in [0.15, 0.2) is 5.65 Å². The lowest BCUT2D eigenvalue weighted by Crippen LogP contribution is -2.18. The minimum absolute atomic E-state index is 0.0673. The summed E-state index contributed by atoms with van der Waals surface area (Å²) < 4.78 is 1.23. The molecule has 0 N–H and O–H groups in total. The van der Waals surface area contributed by atoms with Crippen LogP contribution in [0.1, 0.15) is 52.8 Å². The summed E-state index contributed by atoms with van der Waals surface area (Å²) in [5.74, 6) is 0. The molecular weight excluding hydrogens is 228 g/mol. The first-order chi connectivity index (χ1) is 7.69. The molecule has 0 aliphatic heterocycles. The fourth-order valence-electron chi connectivity index (χ4n) is 1.79. The van der Waals surface area contributed by atoms with Gasteiger partial charge in [-0.05, 0) is 17.0 Å². The topological polar surface area (TPSA) is 25.8 Å². The van der Waals surface area contributed by atoms with Gasteiger partial charge in [0.05, 0.1) is 10.2 Å². The van der Waals surface area contributed by atoms with Gasteiger partial charge in [-0.15, -0.1) is 11.3 Å². The van der Waals surface area contributed by atoms with E-state index in [0.717, 1.165) is 11.3 Å². The molecule has 0 bridgehead atoms. The second kappa shape index (κ2) is 3.77. The molecule has 0 saturated carbocycles. The Morgan fingerprint density at radius 1 is 1.00 bits per heavy atom. The van der Waals surface area contributed by atoms with E-state index in [4.69, 9.17) is 0 Å². The van der Waals surface area contributed by atoms with Crippen LogP contribution >= 0.6 is 11.3 Å². The molecule has 2 heterocycles. The van der Waals surface area contributed by atoms with Crippen LogP contribution in [0.2, 0.25) is 0 Å². The Hall–Kier alpha value is -0.960. The zero-order valence-electron chi connectivity index (χ0n) is 11.5. The molecule has 2 nitrogen and oxygen atoms in total. The number of fused-ring (bicyclic) bond motifs is 1. The van der Waals surface area contributed by atoms with Gasteiger partial charge in [-0.1, -0.05) is 41.5 Å². The highest BCUT2D eigenvalue weighted by atomic mass is 32.1. The zero-order chi connectivity index (χ0) is 12.8. The van der Waals surface area contributed by atoms with E-state index in [1.165, 1.54) is 10.3 Å². The summed E-state index contributed by atoms with van der Waals surface area (Å²) in [5.41, 5.74) is 5.47. The van der Waals surface area contributed by atoms with Crippen molar-refractivity contribution in [2.24, 2.45) is 0 Å². The molecule has 0 aromatic carbocycles. The van der Waals surface area contributed by atoms with Crippen molar-refractivity contribution in [3.05, 3.63) is 22.8 Å². The summed E-state index contributed by atoms with van der Waals surface area (Å²) in [6.45, 7) is 13.3. The maximum absolute atomic E-state index is 4.68. The van der Waals surface area contributed by atoms with E-state index in [2.05, 4.69) is 57.6 Å². The van der Waals surface area contributed by atoms with Crippen LogP contribution in [-0.4, -0.2) is 9.97 Å². The first kappa shape index (κ1) is 12.5. The van der Waals surface area contributed by atoms with E-state index in [0.29, 0.717) is 0 Å². The molecule has 2 rings (SSSR count). The van der Waals surface area contributed by atoms with Crippen molar-refractivity contribution in [1.82, 2.24) is 9.97 Å². The largest absolute Gasteiger partial charge is 0.232 e. The molecule has 0 atom stereocenters. The summed E-state index contributed by atoms with van der Waals surface area (Å²) in [6, 6.07) is 2.25. The van der Waals surface area contributed by atoms with Crippen LogP contribution < -0.4 is 0 Å². The van der Waals surface area contributed by atoms with Crippen molar-refractivity contribution in [1.29, 1.82) is 0 Å². The molecule has 0 fully saturated rings. The summed E-state index contributed by atoms with van der Waals surface area (Å²) in [6.07, 6.45) is 0. The van der Waals surface area contributed by atoms with Crippen LogP contribution in [0.3, 0.4) is 0 Å². The lowest BCUT2D eigenvalue weighted by atomic mass is 9.83. The number of rotatable bonds is 0. The third kappa shape index (κ3) is 2.34. The summed E-state index contributed by atoms with van der Waals surface area (Å²) >= 11 is 1.69. The molecule has 0 aliphatic carbocycles. The van der Waals surface area contributed by atoms with Gasteiger partial charge in [-0.25, -0.2) is 9.97 Å². The molecule has 2 aromatic heterocycles. The van der Waals surface area contributed by atoms with Crippen molar-refractivity contribution < 1.29 is 0 Å². The van der Waals surface area contributed by atoms with Gasteiger partial charge in [-0.2, -0.15) is 0 Å². The van der Waals surface area contributed by atoms with Gasteiger partial charge in [0.1, 0.15) is 0 Å². The molecule has 0 aliphatic rings. The highest BCUT2D eigenvalue weighted by molar-refractivity contribution is 7.16. The Labute approximate surface area is 107 Å². The minimum atomic E-state index is 0.0673. The van der Waals surface area contributed by atoms with Crippen molar-refractivity contribution in [3.63, 3.8) is 0 Å². The Morgan fingerprint density at radius 2 is 1.65 bits per heavy atom. The van der Waals surface area contributed by atoms with E-state index in [9.17, 15) is 0 Å². The molecule has 0 spiro atoms. The van der Waals surface area contributed by atoms with Gasteiger partial charge < -0.3 is 0 Å². The molecule has 17 heavy (non-hydrogen) atoms. The minimum Gasteiger partial charge on any atom is -0.232 e. The quantitative estimate of drug-likeness (QED) is 0.695. The molecule has 0 unspecified atom stereocenters. The van der Waals surface area contributed by atoms with Crippen molar-refractivity contribution >= 4 is 21.7 Å². The Balaban J connectivity index is 2.76. The first-order valence-corrected chi connectivity index (χ1v) is 6.83. The van der Waals surface area contributed by atoms with Gasteiger partial charge in [0.25, 0.3) is 0 Å². The summed E-state index contributed by atoms with van der Waals surface area (Å²) in [5, 5.41) is 0. The van der Waals surface area contributed by atoms with Crippen LogP contribution in [0, 0.1) is 0 Å². The number of thiazole rings is 1. The van der Waals surface area contributed by atoms with Crippen molar-refractivity contribution in [2.45, 2.75) is 52.4 Å². The lowest BCUT2D eigenvalue weighted by molar-refractivity contribution is 0.558. The molecule has 2 aromatic rings. The zero-order valence-corrected chi connectivity index (χ0v) is 12.3. The van der Waals surface area contributed by atoms with E-state index >= 15 is 0 Å². The second-order valence-electron chi connectivity index (χ2n) is 6.56. The third-order valence-corrected chi connectivity index (χ3v) is 3.73. The Bertz CT molecular complexity index is 541. The van der Waals surface area contributed by atoms with Gasteiger partial charge in [0.2, 0.25) is 0 Å². The first-order valence-electron chi connectivity index (χ1n) is 5.95. The van der Waals surface area contributed by atoms with E-state index in [-0.39, 0.29) is 10.8 Å². The number of pyridine rings is 1. The number of hydrogen-bond acceptors (Lipinski definition) is 3. The van der Waals surface area contributed by atoms with Crippen molar-refractivity contribution in [3.8, 4) is 0 Å². The maximum atomic E-state index is 4.68. The average molecular weight is 248 g/mol. The van der Waals surface area contributed by atoms with Crippen LogP contribution in [0.4, 0.5) is 0 Å². The number of hydrogen-bond donors (Lipinski definition) is 0. The molecule has 0 radical (unpaired) electrons. The molecular formula is C14H20N2S. The SMILES string of the molecule is CC(C)(C)c1cc(C(C)(C)C)c2scnc2n1. The number of aromatic nitrogens is 2. The monoisotopic (exact) mass is 248 g/mol. The fourth-order valence-corrected chi connectivity index (χ4v) is 2.75. The fraction of sp³-hybridized carbons (Fsp3) is 0.571. The summed E-state index contributed by atoms with van der Waals surface area (Å²) in [4.78, 5) is 9.05. The predicted octanol–water partition coefficient (Wildman–Crippen LogP) is 4.29. The Kier molecular flexibility index (Phi) is 2.77. The van der Waals surface area contributed by atoms with E-state index in [1.807, 2.05) is 5.51 Å². The van der Waals surface area contributed by atoms with Crippen LogP contribution in [0.25, 0.3) is 10.3 Å². The van der Waals surface area contributed by atoms with Gasteiger partial charge in [-0.3, -0.25) is 0 Å². The normalized spacial score (nSPS) is 13.3. The highest BCUT2D eigenvalue weighted by Crippen LogP contribution is 2.34. The van der Waals surface area contributed by atoms with E-state index in [1.54, 1.807) is 11.3 Å². The van der Waals surface area contributed by atoms with Crippen LogP contribution in [0.15, 0.2) is 11.6 Å². The van der Waals surface area contributed by atoms with Crippen LogP contribution in [0.5, 0.6) is 0 Å². The second-order valence-corrected chi connectivity index (χ2v) is 7.41. The van der Waals surface area contributed by atoms with Crippen LogP contribution in [-0.2, 0) is 10.8 Å². The molecule has 3 heteroatoms. The average Bonchev–Trinajstić information content (AvgIpc) is 2.59.